The highest BCUT2D eigenvalue weighted by atomic mass is 32.2. The molecule has 1 fully saturated rings. The third kappa shape index (κ3) is 4.40. The highest BCUT2D eigenvalue weighted by Gasteiger charge is 2.29. The van der Waals surface area contributed by atoms with E-state index in [1.165, 1.54) is 11.8 Å². The minimum atomic E-state index is -2.98. The number of amides is 2. The highest BCUT2D eigenvalue weighted by Crippen LogP contribution is 2.35. The van der Waals surface area contributed by atoms with E-state index in [1.54, 1.807) is 37.3 Å². The SMILES string of the molecule is CC1Oc2ccc(NC(=O)c3ccccc3SC3CCS(=O)(=O)C3)cc2NC1=O. The van der Waals surface area contributed by atoms with Crippen molar-refractivity contribution in [2.75, 3.05) is 22.1 Å². The topological polar surface area (TPSA) is 102 Å². The molecule has 2 aliphatic rings. The van der Waals surface area contributed by atoms with Crippen molar-refractivity contribution in [3.8, 4) is 5.75 Å². The number of rotatable bonds is 4. The van der Waals surface area contributed by atoms with E-state index in [0.717, 1.165) is 4.90 Å². The average Bonchev–Trinajstić information content (AvgIpc) is 3.01. The number of anilines is 2. The van der Waals surface area contributed by atoms with Gasteiger partial charge in [-0.2, -0.15) is 0 Å². The zero-order chi connectivity index (χ0) is 20.6. The van der Waals surface area contributed by atoms with E-state index in [9.17, 15) is 18.0 Å². The Morgan fingerprint density at radius 1 is 1.24 bits per heavy atom. The fourth-order valence-corrected chi connectivity index (χ4v) is 6.90. The molecule has 1 saturated heterocycles. The summed E-state index contributed by atoms with van der Waals surface area (Å²) in [6, 6.07) is 12.2. The van der Waals surface area contributed by atoms with Crippen LogP contribution in [0.4, 0.5) is 11.4 Å². The van der Waals surface area contributed by atoms with E-state index in [4.69, 9.17) is 4.74 Å². The van der Waals surface area contributed by atoms with Crippen LogP contribution in [-0.2, 0) is 14.6 Å². The van der Waals surface area contributed by atoms with E-state index in [0.29, 0.717) is 29.1 Å². The number of carbonyl (C=O) groups is 2. The predicted octanol–water partition coefficient (Wildman–Crippen LogP) is 2.94. The van der Waals surface area contributed by atoms with E-state index in [1.807, 2.05) is 12.1 Å². The molecule has 2 aromatic carbocycles. The Kier molecular flexibility index (Phi) is 5.26. The molecular formula is C20H20N2O5S2. The van der Waals surface area contributed by atoms with Crippen molar-refractivity contribution >= 4 is 44.8 Å². The maximum absolute atomic E-state index is 12.9. The van der Waals surface area contributed by atoms with Crippen molar-refractivity contribution in [3.63, 3.8) is 0 Å². The molecule has 2 amide bonds. The fourth-order valence-electron chi connectivity index (χ4n) is 3.28. The highest BCUT2D eigenvalue weighted by molar-refractivity contribution is 8.02. The maximum atomic E-state index is 12.9. The molecule has 0 aromatic heterocycles. The third-order valence-electron chi connectivity index (χ3n) is 4.78. The van der Waals surface area contributed by atoms with Gasteiger partial charge in [-0.05, 0) is 43.7 Å². The molecule has 2 heterocycles. The third-order valence-corrected chi connectivity index (χ3v) is 8.11. The van der Waals surface area contributed by atoms with Gasteiger partial charge in [0, 0.05) is 15.8 Å². The van der Waals surface area contributed by atoms with Gasteiger partial charge >= 0.3 is 0 Å². The lowest BCUT2D eigenvalue weighted by Crippen LogP contribution is -2.34. The number of hydrogen-bond donors (Lipinski definition) is 2. The first kappa shape index (κ1) is 19.8. The second-order valence-corrected chi connectivity index (χ2v) is 10.6. The molecule has 4 rings (SSSR count). The van der Waals surface area contributed by atoms with Crippen molar-refractivity contribution in [3.05, 3.63) is 48.0 Å². The zero-order valence-electron chi connectivity index (χ0n) is 15.7. The Balaban J connectivity index is 1.51. The molecule has 0 aliphatic carbocycles. The number of nitrogens with one attached hydrogen (secondary N) is 2. The number of ether oxygens (including phenoxy) is 1. The first-order valence-corrected chi connectivity index (χ1v) is 11.9. The van der Waals surface area contributed by atoms with Gasteiger partial charge in [0.2, 0.25) is 0 Å². The van der Waals surface area contributed by atoms with Crippen LogP contribution in [0.25, 0.3) is 0 Å². The van der Waals surface area contributed by atoms with Crippen LogP contribution in [0.5, 0.6) is 5.75 Å². The molecule has 29 heavy (non-hydrogen) atoms. The van der Waals surface area contributed by atoms with Crippen LogP contribution in [0, 0.1) is 0 Å². The molecule has 0 saturated carbocycles. The number of hydrogen-bond acceptors (Lipinski definition) is 6. The summed E-state index contributed by atoms with van der Waals surface area (Å²) in [7, 11) is -2.98. The number of sulfone groups is 1. The summed E-state index contributed by atoms with van der Waals surface area (Å²) in [6.07, 6.45) is 0.0255. The van der Waals surface area contributed by atoms with E-state index in [2.05, 4.69) is 10.6 Å². The lowest BCUT2D eigenvalue weighted by atomic mass is 10.2. The Morgan fingerprint density at radius 2 is 2.03 bits per heavy atom. The van der Waals surface area contributed by atoms with Gasteiger partial charge in [0.25, 0.3) is 11.8 Å². The Hall–Kier alpha value is -2.52. The number of thioether (sulfide) groups is 1. The summed E-state index contributed by atoms with van der Waals surface area (Å²) in [5, 5.41) is 5.54. The minimum absolute atomic E-state index is 0.0490. The van der Waals surface area contributed by atoms with Gasteiger partial charge in [-0.25, -0.2) is 8.42 Å². The monoisotopic (exact) mass is 432 g/mol. The molecule has 2 N–H and O–H groups in total. The van der Waals surface area contributed by atoms with Crippen LogP contribution in [0.2, 0.25) is 0 Å². The van der Waals surface area contributed by atoms with Crippen molar-refractivity contribution in [1.82, 2.24) is 0 Å². The summed E-state index contributed by atoms with van der Waals surface area (Å²) in [5.74, 6) is 0.338. The van der Waals surface area contributed by atoms with Crippen LogP contribution >= 0.6 is 11.8 Å². The average molecular weight is 433 g/mol. The molecule has 2 atom stereocenters. The molecule has 0 bridgehead atoms. The van der Waals surface area contributed by atoms with Crippen molar-refractivity contribution in [1.29, 1.82) is 0 Å². The summed E-state index contributed by atoms with van der Waals surface area (Å²) in [6.45, 7) is 1.66. The fraction of sp³-hybridized carbons (Fsp3) is 0.300. The first-order chi connectivity index (χ1) is 13.8. The van der Waals surface area contributed by atoms with Gasteiger partial charge in [0.05, 0.1) is 22.8 Å². The first-order valence-electron chi connectivity index (χ1n) is 9.20. The van der Waals surface area contributed by atoms with Crippen LogP contribution in [0.3, 0.4) is 0 Å². The summed E-state index contributed by atoms with van der Waals surface area (Å²) in [4.78, 5) is 25.4. The van der Waals surface area contributed by atoms with Crippen LogP contribution in [0.1, 0.15) is 23.7 Å². The molecule has 0 spiro atoms. The summed E-state index contributed by atoms with van der Waals surface area (Å²) >= 11 is 1.43. The lowest BCUT2D eigenvalue weighted by molar-refractivity contribution is -0.122. The van der Waals surface area contributed by atoms with Crippen LogP contribution in [0.15, 0.2) is 47.4 Å². The van der Waals surface area contributed by atoms with Crippen LogP contribution < -0.4 is 15.4 Å². The smallest absolute Gasteiger partial charge is 0.265 e. The maximum Gasteiger partial charge on any atom is 0.265 e. The summed E-state index contributed by atoms with van der Waals surface area (Å²) < 4.78 is 29.0. The molecule has 152 valence electrons. The molecule has 7 nitrogen and oxygen atoms in total. The molecular weight excluding hydrogens is 412 g/mol. The quantitative estimate of drug-likeness (QED) is 0.770. The Bertz CT molecular complexity index is 1080. The Labute approximate surface area is 173 Å². The van der Waals surface area contributed by atoms with Gasteiger partial charge in [0.15, 0.2) is 15.9 Å². The van der Waals surface area contributed by atoms with Crippen molar-refractivity contribution in [2.45, 2.75) is 29.6 Å². The van der Waals surface area contributed by atoms with E-state index < -0.39 is 15.9 Å². The standard InChI is InChI=1S/C20H20N2O5S2/c1-12-19(23)22-16-10-13(6-7-17(16)27-12)21-20(24)15-4-2-3-5-18(15)28-14-8-9-29(25,26)11-14/h2-7,10,12,14H,8-9,11H2,1H3,(H,21,24)(H,22,23). The number of benzene rings is 2. The van der Waals surface area contributed by atoms with Gasteiger partial charge in [-0.3, -0.25) is 9.59 Å². The second-order valence-electron chi connectivity index (χ2n) is 7.05. The molecule has 9 heteroatoms. The van der Waals surface area contributed by atoms with E-state index in [-0.39, 0.29) is 28.6 Å². The molecule has 2 unspecified atom stereocenters. The zero-order valence-corrected chi connectivity index (χ0v) is 17.3. The molecule has 2 aliphatic heterocycles. The second kappa shape index (κ2) is 7.72. The molecule has 0 radical (unpaired) electrons. The van der Waals surface area contributed by atoms with Crippen molar-refractivity contribution < 1.29 is 22.7 Å². The van der Waals surface area contributed by atoms with Crippen LogP contribution in [-0.4, -0.2) is 43.1 Å². The van der Waals surface area contributed by atoms with Gasteiger partial charge < -0.3 is 15.4 Å². The van der Waals surface area contributed by atoms with E-state index >= 15 is 0 Å². The van der Waals surface area contributed by atoms with Gasteiger partial charge in [-0.15, -0.1) is 11.8 Å². The lowest BCUT2D eigenvalue weighted by Gasteiger charge is -2.23. The minimum Gasteiger partial charge on any atom is -0.479 e. The molecule has 2 aromatic rings. The van der Waals surface area contributed by atoms with Gasteiger partial charge in [0.1, 0.15) is 5.75 Å². The Morgan fingerprint density at radius 3 is 2.79 bits per heavy atom. The number of carbonyl (C=O) groups excluding carboxylic acids is 2. The normalized spacial score (nSPS) is 22.3. The summed E-state index contributed by atoms with van der Waals surface area (Å²) in [5.41, 5.74) is 1.51. The number of fused-ring (bicyclic) bond motifs is 1. The predicted molar refractivity (Wildman–Crippen MR) is 112 cm³/mol. The van der Waals surface area contributed by atoms with Gasteiger partial charge in [-0.1, -0.05) is 12.1 Å². The van der Waals surface area contributed by atoms with Crippen molar-refractivity contribution in [2.24, 2.45) is 0 Å². The largest absolute Gasteiger partial charge is 0.479 e.